The zero-order valence-corrected chi connectivity index (χ0v) is 15.8. The summed E-state index contributed by atoms with van der Waals surface area (Å²) in [4.78, 5) is 21.1. The topological polar surface area (TPSA) is 48.5 Å². The first-order chi connectivity index (χ1) is 12.1. The summed E-state index contributed by atoms with van der Waals surface area (Å²) < 4.78 is 0. The van der Waals surface area contributed by atoms with Gasteiger partial charge in [0.2, 0.25) is 0 Å². The molecule has 25 heavy (non-hydrogen) atoms. The van der Waals surface area contributed by atoms with Crippen LogP contribution in [0.25, 0.3) is 0 Å². The van der Waals surface area contributed by atoms with Crippen LogP contribution in [0.4, 0.5) is 10.5 Å². The summed E-state index contributed by atoms with van der Waals surface area (Å²) in [5.74, 6) is 0. The van der Waals surface area contributed by atoms with E-state index in [1.807, 2.05) is 17.3 Å². The molecule has 3 heterocycles. The number of aryl methyl sites for hydroxylation is 1. The normalized spacial score (nSPS) is 16.4. The summed E-state index contributed by atoms with van der Waals surface area (Å²) in [7, 11) is 0. The van der Waals surface area contributed by atoms with Crippen molar-refractivity contribution in [2.24, 2.45) is 0 Å². The number of hydrogen-bond donors (Lipinski definition) is 1. The number of pyridine rings is 1. The van der Waals surface area contributed by atoms with Gasteiger partial charge in [-0.25, -0.2) is 4.79 Å². The predicted octanol–water partition coefficient (Wildman–Crippen LogP) is 3.30. The van der Waals surface area contributed by atoms with Crippen LogP contribution in [0.15, 0.2) is 35.3 Å². The number of carbonyl (C=O) groups is 1. The summed E-state index contributed by atoms with van der Waals surface area (Å²) in [6.45, 7) is 7.54. The van der Waals surface area contributed by atoms with Gasteiger partial charge >= 0.3 is 6.03 Å². The smallest absolute Gasteiger partial charge is 0.317 e. The highest BCUT2D eigenvalue weighted by molar-refractivity contribution is 7.07. The number of nitrogens with one attached hydrogen (secondary N) is 1. The maximum Gasteiger partial charge on any atom is 0.317 e. The highest BCUT2D eigenvalue weighted by Gasteiger charge is 2.21. The fourth-order valence-electron chi connectivity index (χ4n) is 3.30. The molecule has 1 atom stereocenters. The first-order valence-electron chi connectivity index (χ1n) is 8.85. The van der Waals surface area contributed by atoms with Gasteiger partial charge in [-0.3, -0.25) is 4.98 Å². The largest absolute Gasteiger partial charge is 0.369 e. The summed E-state index contributed by atoms with van der Waals surface area (Å²) in [6.07, 6.45) is 5.60. The van der Waals surface area contributed by atoms with Gasteiger partial charge in [0.25, 0.3) is 0 Å². The third-order valence-electron chi connectivity index (χ3n) is 4.61. The minimum Gasteiger partial charge on any atom is -0.369 e. The molecule has 1 unspecified atom stereocenters. The third kappa shape index (κ3) is 4.72. The lowest BCUT2D eigenvalue weighted by Gasteiger charge is -2.26. The number of nitrogens with zero attached hydrogens (tertiary/aromatic N) is 3. The standard InChI is InChI=1S/C19H26N4OS/c1-15-13-20-6-4-18(15)22-7-3-8-23(10-9-22)19(24)21-16(2)12-17-5-11-25-14-17/h4-6,11,13-14,16H,3,7-10,12H2,1-2H3,(H,21,24). The molecular weight excluding hydrogens is 332 g/mol. The number of anilines is 1. The Balaban J connectivity index is 1.53. The molecule has 1 N–H and O–H groups in total. The maximum atomic E-state index is 12.6. The van der Waals surface area contributed by atoms with Crippen LogP contribution in [0.2, 0.25) is 0 Å². The molecule has 0 spiro atoms. The van der Waals surface area contributed by atoms with Crippen molar-refractivity contribution in [3.63, 3.8) is 0 Å². The minimum atomic E-state index is 0.0519. The molecule has 0 saturated carbocycles. The molecule has 0 aromatic carbocycles. The van der Waals surface area contributed by atoms with E-state index in [0.717, 1.165) is 39.0 Å². The van der Waals surface area contributed by atoms with E-state index >= 15 is 0 Å². The van der Waals surface area contributed by atoms with Crippen molar-refractivity contribution in [1.29, 1.82) is 0 Å². The zero-order valence-electron chi connectivity index (χ0n) is 14.9. The van der Waals surface area contributed by atoms with Gasteiger partial charge in [0.15, 0.2) is 0 Å². The molecule has 5 nitrogen and oxygen atoms in total. The Labute approximate surface area is 153 Å². The summed E-state index contributed by atoms with van der Waals surface area (Å²) in [6, 6.07) is 4.38. The van der Waals surface area contributed by atoms with Gasteiger partial charge in [0.05, 0.1) is 0 Å². The van der Waals surface area contributed by atoms with Crippen molar-refractivity contribution in [3.05, 3.63) is 46.4 Å². The van der Waals surface area contributed by atoms with Crippen molar-refractivity contribution in [3.8, 4) is 0 Å². The van der Waals surface area contributed by atoms with E-state index < -0.39 is 0 Å². The number of thiophene rings is 1. The van der Waals surface area contributed by atoms with Gasteiger partial charge in [0, 0.05) is 50.3 Å². The quantitative estimate of drug-likeness (QED) is 0.912. The van der Waals surface area contributed by atoms with Crippen molar-refractivity contribution < 1.29 is 4.79 Å². The van der Waals surface area contributed by atoms with Crippen LogP contribution in [0, 0.1) is 6.92 Å². The molecule has 6 heteroatoms. The lowest BCUT2D eigenvalue weighted by Crippen LogP contribution is -2.46. The van der Waals surface area contributed by atoms with Crippen molar-refractivity contribution in [1.82, 2.24) is 15.2 Å². The molecule has 2 aromatic rings. The molecule has 1 saturated heterocycles. The molecule has 2 aromatic heterocycles. The van der Waals surface area contributed by atoms with E-state index in [4.69, 9.17) is 0 Å². The minimum absolute atomic E-state index is 0.0519. The van der Waals surface area contributed by atoms with Crippen LogP contribution in [-0.4, -0.2) is 48.1 Å². The summed E-state index contributed by atoms with van der Waals surface area (Å²) in [5, 5.41) is 7.36. The van der Waals surface area contributed by atoms with Crippen molar-refractivity contribution >= 4 is 23.1 Å². The molecular formula is C19H26N4OS. The monoisotopic (exact) mass is 358 g/mol. The number of aromatic nitrogens is 1. The van der Waals surface area contributed by atoms with Crippen LogP contribution in [-0.2, 0) is 6.42 Å². The van der Waals surface area contributed by atoms with Crippen molar-refractivity contribution in [2.45, 2.75) is 32.7 Å². The first kappa shape index (κ1) is 17.7. The van der Waals surface area contributed by atoms with E-state index in [-0.39, 0.29) is 12.1 Å². The van der Waals surface area contributed by atoms with Crippen molar-refractivity contribution in [2.75, 3.05) is 31.1 Å². The highest BCUT2D eigenvalue weighted by Crippen LogP contribution is 2.20. The Morgan fingerprint density at radius 1 is 1.32 bits per heavy atom. The second kappa shape index (κ2) is 8.34. The molecule has 1 aliphatic rings. The Bertz CT molecular complexity index is 688. The molecule has 1 aliphatic heterocycles. The third-order valence-corrected chi connectivity index (χ3v) is 5.34. The Hall–Kier alpha value is -2.08. The Morgan fingerprint density at radius 2 is 2.20 bits per heavy atom. The molecule has 0 radical (unpaired) electrons. The molecule has 2 amide bonds. The summed E-state index contributed by atoms with van der Waals surface area (Å²) >= 11 is 1.70. The van der Waals surface area contributed by atoms with Gasteiger partial charge in [-0.2, -0.15) is 11.3 Å². The van der Waals surface area contributed by atoms with E-state index in [2.05, 4.69) is 51.9 Å². The number of rotatable bonds is 4. The number of amides is 2. The SMILES string of the molecule is Cc1cnccc1N1CCCN(C(=O)NC(C)Cc2ccsc2)CC1. The van der Waals surface area contributed by atoms with Crippen LogP contribution in [0.3, 0.4) is 0 Å². The second-order valence-corrected chi connectivity index (χ2v) is 7.46. The number of carbonyl (C=O) groups excluding carboxylic acids is 1. The van der Waals surface area contributed by atoms with Crippen LogP contribution in [0.5, 0.6) is 0 Å². The molecule has 1 fully saturated rings. The number of hydrogen-bond acceptors (Lipinski definition) is 4. The van der Waals surface area contributed by atoms with Crippen LogP contribution < -0.4 is 10.2 Å². The molecule has 0 aliphatic carbocycles. The average Bonchev–Trinajstić information content (AvgIpc) is 2.97. The predicted molar refractivity (Wildman–Crippen MR) is 103 cm³/mol. The second-order valence-electron chi connectivity index (χ2n) is 6.68. The lowest BCUT2D eigenvalue weighted by atomic mass is 10.1. The van der Waals surface area contributed by atoms with Gasteiger partial charge < -0.3 is 15.1 Å². The fourth-order valence-corrected chi connectivity index (χ4v) is 3.98. The summed E-state index contributed by atoms with van der Waals surface area (Å²) in [5.41, 5.74) is 3.70. The molecule has 134 valence electrons. The van der Waals surface area contributed by atoms with E-state index in [0.29, 0.717) is 0 Å². The number of urea groups is 1. The average molecular weight is 359 g/mol. The Morgan fingerprint density at radius 3 is 2.96 bits per heavy atom. The van der Waals surface area contributed by atoms with E-state index in [9.17, 15) is 4.79 Å². The molecule has 0 bridgehead atoms. The van der Waals surface area contributed by atoms with Gasteiger partial charge in [-0.05, 0) is 60.7 Å². The van der Waals surface area contributed by atoms with Gasteiger partial charge in [0.1, 0.15) is 0 Å². The maximum absolute atomic E-state index is 12.6. The lowest BCUT2D eigenvalue weighted by molar-refractivity contribution is 0.198. The van der Waals surface area contributed by atoms with Gasteiger partial charge in [-0.15, -0.1) is 0 Å². The fraction of sp³-hybridized carbons (Fsp3) is 0.474. The van der Waals surface area contributed by atoms with E-state index in [1.165, 1.54) is 16.8 Å². The highest BCUT2D eigenvalue weighted by atomic mass is 32.1. The van der Waals surface area contributed by atoms with Crippen LogP contribution >= 0.6 is 11.3 Å². The van der Waals surface area contributed by atoms with E-state index in [1.54, 1.807) is 11.3 Å². The van der Waals surface area contributed by atoms with Gasteiger partial charge in [-0.1, -0.05) is 0 Å². The first-order valence-corrected chi connectivity index (χ1v) is 9.80. The van der Waals surface area contributed by atoms with Crippen LogP contribution in [0.1, 0.15) is 24.5 Å². The Kier molecular flexibility index (Phi) is 5.91. The zero-order chi connectivity index (χ0) is 17.6. The molecule has 3 rings (SSSR count).